The van der Waals surface area contributed by atoms with Crippen LogP contribution in [-0.2, 0) is 9.59 Å². The molecular weight excluding hydrogens is 384 g/mol. The number of Topliss-reactive ketones (excluding diaryl/α,β-unsaturated/α-hetero) is 2. The Balaban J connectivity index is 1.98. The maximum absolute atomic E-state index is 12.6. The van der Waals surface area contributed by atoms with Crippen molar-refractivity contribution in [1.82, 2.24) is 0 Å². The Labute approximate surface area is 182 Å². The quantitative estimate of drug-likeness (QED) is 0.326. The fourth-order valence-corrected chi connectivity index (χ4v) is 4.16. The van der Waals surface area contributed by atoms with E-state index in [2.05, 4.69) is 0 Å². The summed E-state index contributed by atoms with van der Waals surface area (Å²) in [4.78, 5) is 25.3. The molecule has 1 unspecified atom stereocenters. The van der Waals surface area contributed by atoms with Gasteiger partial charge in [0.2, 0.25) is 0 Å². The Morgan fingerprint density at radius 2 is 1.16 bits per heavy atom. The van der Waals surface area contributed by atoms with E-state index < -0.39 is 11.8 Å². The highest BCUT2D eigenvalue weighted by molar-refractivity contribution is 6.02. The van der Waals surface area contributed by atoms with Gasteiger partial charge >= 0.3 is 0 Å². The van der Waals surface area contributed by atoms with Crippen molar-refractivity contribution in [2.24, 2.45) is 5.92 Å². The number of hydrogen-bond acceptors (Lipinski definition) is 3. The molecule has 0 N–H and O–H groups in total. The number of ketones is 2. The van der Waals surface area contributed by atoms with Gasteiger partial charge < -0.3 is 4.42 Å². The molecule has 0 saturated heterocycles. The zero-order valence-corrected chi connectivity index (χ0v) is 17.6. The molecule has 0 aliphatic rings. The van der Waals surface area contributed by atoms with Gasteiger partial charge in [-0.25, -0.2) is 0 Å². The molecule has 0 spiro atoms. The fraction of sp³-hybridized carbons (Fsp3) is 0.143. The molecule has 1 heterocycles. The summed E-state index contributed by atoms with van der Waals surface area (Å²) >= 11 is 0. The van der Waals surface area contributed by atoms with Crippen molar-refractivity contribution < 1.29 is 14.0 Å². The molecule has 0 amide bonds. The molecule has 3 nitrogen and oxygen atoms in total. The highest BCUT2D eigenvalue weighted by atomic mass is 16.3. The van der Waals surface area contributed by atoms with E-state index in [0.29, 0.717) is 11.5 Å². The van der Waals surface area contributed by atoms with E-state index in [9.17, 15) is 9.59 Å². The van der Waals surface area contributed by atoms with Crippen LogP contribution in [0.2, 0.25) is 0 Å². The third-order valence-corrected chi connectivity index (χ3v) is 5.56. The van der Waals surface area contributed by atoms with E-state index in [-0.39, 0.29) is 11.6 Å². The van der Waals surface area contributed by atoms with Crippen molar-refractivity contribution in [3.63, 3.8) is 0 Å². The van der Waals surface area contributed by atoms with E-state index >= 15 is 0 Å². The molecule has 31 heavy (non-hydrogen) atoms. The summed E-state index contributed by atoms with van der Waals surface area (Å²) in [5.41, 5.74) is 3.61. The molecule has 4 rings (SSSR count). The van der Waals surface area contributed by atoms with Gasteiger partial charge in [-0.3, -0.25) is 9.59 Å². The van der Waals surface area contributed by atoms with Gasteiger partial charge in [-0.2, -0.15) is 0 Å². The van der Waals surface area contributed by atoms with Gasteiger partial charge in [0.05, 0.1) is 5.92 Å². The van der Waals surface area contributed by atoms with Crippen LogP contribution < -0.4 is 0 Å². The third-order valence-electron chi connectivity index (χ3n) is 5.56. The number of rotatable bonds is 7. The van der Waals surface area contributed by atoms with E-state index in [0.717, 1.165) is 22.3 Å². The molecule has 0 aliphatic carbocycles. The molecule has 4 aromatic rings. The molecule has 3 heteroatoms. The number of carbonyl (C=O) groups is 2. The van der Waals surface area contributed by atoms with Crippen LogP contribution in [0.3, 0.4) is 0 Å². The predicted molar refractivity (Wildman–Crippen MR) is 123 cm³/mol. The van der Waals surface area contributed by atoms with Crippen molar-refractivity contribution in [2.45, 2.75) is 19.8 Å². The van der Waals surface area contributed by atoms with Gasteiger partial charge in [0.15, 0.2) is 0 Å². The van der Waals surface area contributed by atoms with Crippen molar-refractivity contribution in [3.05, 3.63) is 108 Å². The smallest absolute Gasteiger partial charge is 0.141 e. The molecule has 0 aliphatic heterocycles. The Morgan fingerprint density at radius 1 is 0.677 bits per heavy atom. The van der Waals surface area contributed by atoms with Gasteiger partial charge in [0.1, 0.15) is 23.1 Å². The van der Waals surface area contributed by atoms with E-state index in [1.165, 1.54) is 13.8 Å². The van der Waals surface area contributed by atoms with Gasteiger partial charge in [0.25, 0.3) is 0 Å². The molecule has 3 aromatic carbocycles. The first kappa shape index (κ1) is 20.5. The topological polar surface area (TPSA) is 47.3 Å². The second kappa shape index (κ2) is 8.97. The summed E-state index contributed by atoms with van der Waals surface area (Å²) in [6.45, 7) is 2.98. The van der Waals surface area contributed by atoms with Crippen molar-refractivity contribution in [2.75, 3.05) is 0 Å². The van der Waals surface area contributed by atoms with Crippen LogP contribution in [0.5, 0.6) is 0 Å². The predicted octanol–water partition coefficient (Wildman–Crippen LogP) is 6.54. The Kier molecular flexibility index (Phi) is 5.94. The summed E-state index contributed by atoms with van der Waals surface area (Å²) in [5.74, 6) is -0.133. The SMILES string of the molecule is CC(=O)C(C(C)=O)C(c1ccccc1)c1cc(-c2ccccc2)oc1-c1ccccc1. The number of carbonyl (C=O) groups excluding carboxylic acids is 2. The second-order valence-electron chi connectivity index (χ2n) is 7.71. The van der Waals surface area contributed by atoms with Gasteiger partial charge in [-0.05, 0) is 25.5 Å². The molecule has 1 atom stereocenters. The molecule has 154 valence electrons. The van der Waals surface area contributed by atoms with E-state index in [1.807, 2.05) is 97.1 Å². The number of benzene rings is 3. The van der Waals surface area contributed by atoms with Crippen LogP contribution in [0.25, 0.3) is 22.6 Å². The minimum Gasteiger partial charge on any atom is -0.456 e. The lowest BCUT2D eigenvalue weighted by molar-refractivity contribution is -0.130. The Morgan fingerprint density at radius 3 is 1.68 bits per heavy atom. The van der Waals surface area contributed by atoms with Crippen LogP contribution in [0.1, 0.15) is 30.9 Å². The maximum Gasteiger partial charge on any atom is 0.141 e. The summed E-state index contributed by atoms with van der Waals surface area (Å²) in [7, 11) is 0. The van der Waals surface area contributed by atoms with Crippen LogP contribution in [0.15, 0.2) is 101 Å². The van der Waals surface area contributed by atoms with E-state index in [4.69, 9.17) is 4.42 Å². The molecule has 0 bridgehead atoms. The van der Waals surface area contributed by atoms with Crippen molar-refractivity contribution >= 4 is 11.6 Å². The van der Waals surface area contributed by atoms with Crippen LogP contribution >= 0.6 is 0 Å². The lowest BCUT2D eigenvalue weighted by Gasteiger charge is -2.24. The van der Waals surface area contributed by atoms with E-state index in [1.54, 1.807) is 0 Å². The standard InChI is InChI=1S/C28H24O3/c1-19(29)26(20(2)30)27(22-14-8-4-9-15-22)24-18-25(21-12-6-3-7-13-21)31-28(24)23-16-10-5-11-17-23/h3-18,26-27H,1-2H3. The minimum absolute atomic E-state index is 0.150. The second-order valence-corrected chi connectivity index (χ2v) is 7.71. The molecule has 0 fully saturated rings. The Bertz CT molecular complexity index is 1160. The monoisotopic (exact) mass is 408 g/mol. The molecule has 0 saturated carbocycles. The largest absolute Gasteiger partial charge is 0.456 e. The summed E-state index contributed by atoms with van der Waals surface area (Å²) in [5, 5.41) is 0. The fourth-order valence-electron chi connectivity index (χ4n) is 4.16. The van der Waals surface area contributed by atoms with Crippen LogP contribution in [0, 0.1) is 5.92 Å². The normalized spacial score (nSPS) is 12.0. The van der Waals surface area contributed by atoms with Crippen LogP contribution in [0.4, 0.5) is 0 Å². The average Bonchev–Trinajstić information content (AvgIpc) is 3.23. The Hall–Kier alpha value is -3.72. The zero-order valence-electron chi connectivity index (χ0n) is 17.6. The average molecular weight is 408 g/mol. The van der Waals surface area contributed by atoms with Crippen molar-refractivity contribution in [3.8, 4) is 22.6 Å². The zero-order chi connectivity index (χ0) is 21.8. The van der Waals surface area contributed by atoms with Crippen molar-refractivity contribution in [1.29, 1.82) is 0 Å². The first-order chi connectivity index (χ1) is 15.1. The first-order valence-electron chi connectivity index (χ1n) is 10.4. The minimum atomic E-state index is -0.786. The molecule has 0 radical (unpaired) electrons. The maximum atomic E-state index is 12.6. The highest BCUT2D eigenvalue weighted by Crippen LogP contribution is 2.43. The lowest BCUT2D eigenvalue weighted by atomic mass is 9.76. The van der Waals surface area contributed by atoms with Gasteiger partial charge in [-0.15, -0.1) is 0 Å². The lowest BCUT2D eigenvalue weighted by Crippen LogP contribution is -2.28. The summed E-state index contributed by atoms with van der Waals surface area (Å²) < 4.78 is 6.38. The summed E-state index contributed by atoms with van der Waals surface area (Å²) in [6.07, 6.45) is 0. The molecular formula is C28H24O3. The highest BCUT2D eigenvalue weighted by Gasteiger charge is 2.35. The summed E-state index contributed by atoms with van der Waals surface area (Å²) in [6, 6.07) is 31.4. The number of hydrogen-bond donors (Lipinski definition) is 0. The molecule has 1 aromatic heterocycles. The third kappa shape index (κ3) is 4.26. The first-order valence-corrected chi connectivity index (χ1v) is 10.4. The van der Waals surface area contributed by atoms with Gasteiger partial charge in [-0.1, -0.05) is 91.0 Å². The number of furan rings is 1. The van der Waals surface area contributed by atoms with Crippen LogP contribution in [-0.4, -0.2) is 11.6 Å². The van der Waals surface area contributed by atoms with Gasteiger partial charge in [0, 0.05) is 22.6 Å².